The van der Waals surface area contributed by atoms with Gasteiger partial charge in [-0.15, -0.1) is 0 Å². The van der Waals surface area contributed by atoms with Gasteiger partial charge in [0.25, 0.3) is 0 Å². The maximum atomic E-state index is 6.60. The molecule has 4 nitrogen and oxygen atoms in total. The van der Waals surface area contributed by atoms with Crippen LogP contribution in [-0.4, -0.2) is 36.6 Å². The maximum Gasteiger partial charge on any atom is 0.459 e. The smallest absolute Gasteiger partial charge is 0.403 e. The first-order chi connectivity index (χ1) is 13.3. The second-order valence-corrected chi connectivity index (χ2v) is 11.2. The SMILES string of the molecule is CC1(C)OB(C(B2OC(C)(C)C(C)(C)O2)C2(c3ccccc3)CCC2)OC1(C)C. The summed E-state index contributed by atoms with van der Waals surface area (Å²) in [7, 11) is -0.759. The van der Waals surface area contributed by atoms with Crippen molar-refractivity contribution >= 4 is 14.2 Å². The van der Waals surface area contributed by atoms with Gasteiger partial charge in [-0.05, 0) is 79.2 Å². The van der Waals surface area contributed by atoms with E-state index >= 15 is 0 Å². The number of rotatable bonds is 4. The van der Waals surface area contributed by atoms with Gasteiger partial charge in [-0.2, -0.15) is 0 Å². The van der Waals surface area contributed by atoms with Gasteiger partial charge < -0.3 is 18.6 Å². The fourth-order valence-corrected chi connectivity index (χ4v) is 4.86. The van der Waals surface area contributed by atoms with E-state index in [1.54, 1.807) is 0 Å². The lowest BCUT2D eigenvalue weighted by atomic mass is 9.36. The van der Waals surface area contributed by atoms with Crippen LogP contribution >= 0.6 is 0 Å². The molecule has 158 valence electrons. The molecule has 1 aromatic carbocycles. The van der Waals surface area contributed by atoms with Crippen LogP contribution in [0, 0.1) is 0 Å². The van der Waals surface area contributed by atoms with Gasteiger partial charge in [0.1, 0.15) is 0 Å². The topological polar surface area (TPSA) is 36.9 Å². The zero-order valence-corrected chi connectivity index (χ0v) is 19.4. The highest BCUT2D eigenvalue weighted by molar-refractivity contribution is 6.69. The van der Waals surface area contributed by atoms with E-state index in [-0.39, 0.29) is 47.8 Å². The van der Waals surface area contributed by atoms with Crippen molar-refractivity contribution in [2.75, 3.05) is 0 Å². The Morgan fingerprint density at radius 2 is 1.03 bits per heavy atom. The number of benzene rings is 1. The molecule has 0 bridgehead atoms. The van der Waals surface area contributed by atoms with Crippen molar-refractivity contribution in [1.82, 2.24) is 0 Å². The van der Waals surface area contributed by atoms with Gasteiger partial charge in [-0.3, -0.25) is 0 Å². The van der Waals surface area contributed by atoms with Crippen LogP contribution in [0.2, 0.25) is 5.72 Å². The summed E-state index contributed by atoms with van der Waals surface area (Å²) in [5, 5.41) is 0. The van der Waals surface area contributed by atoms with Gasteiger partial charge in [0.05, 0.1) is 22.4 Å². The molecule has 0 aromatic heterocycles. The Morgan fingerprint density at radius 1 is 0.655 bits per heavy atom. The fraction of sp³-hybridized carbons (Fsp3) is 0.739. The van der Waals surface area contributed by atoms with E-state index in [0.29, 0.717) is 0 Å². The molecule has 2 heterocycles. The summed E-state index contributed by atoms with van der Waals surface area (Å²) >= 11 is 0. The first kappa shape index (κ1) is 21.4. The lowest BCUT2D eigenvalue weighted by Crippen LogP contribution is -2.53. The minimum atomic E-state index is -0.388. The van der Waals surface area contributed by atoms with Gasteiger partial charge in [-0.25, -0.2) is 0 Å². The summed E-state index contributed by atoms with van der Waals surface area (Å²) in [6, 6.07) is 10.8. The van der Waals surface area contributed by atoms with E-state index in [1.165, 1.54) is 12.0 Å². The van der Waals surface area contributed by atoms with Gasteiger partial charge in [0, 0.05) is 5.72 Å². The van der Waals surface area contributed by atoms with Crippen molar-refractivity contribution in [3.63, 3.8) is 0 Å². The molecule has 6 heteroatoms. The molecule has 29 heavy (non-hydrogen) atoms. The van der Waals surface area contributed by atoms with Crippen molar-refractivity contribution < 1.29 is 18.6 Å². The Kier molecular flexibility index (Phi) is 4.87. The molecule has 0 atom stereocenters. The summed E-state index contributed by atoms with van der Waals surface area (Å²) in [6.45, 7) is 16.9. The molecule has 0 unspecified atom stereocenters. The number of hydrogen-bond donors (Lipinski definition) is 0. The zero-order chi connectivity index (χ0) is 21.3. The van der Waals surface area contributed by atoms with E-state index < -0.39 is 0 Å². The Labute approximate surface area is 177 Å². The minimum absolute atomic E-state index is 0.0410. The van der Waals surface area contributed by atoms with Gasteiger partial charge >= 0.3 is 14.2 Å². The van der Waals surface area contributed by atoms with Crippen LogP contribution in [0.5, 0.6) is 0 Å². The van der Waals surface area contributed by atoms with Crippen LogP contribution < -0.4 is 0 Å². The lowest BCUT2D eigenvalue weighted by molar-refractivity contribution is 0.00578. The van der Waals surface area contributed by atoms with Crippen LogP contribution in [0.1, 0.15) is 80.2 Å². The highest BCUT2D eigenvalue weighted by Crippen LogP contribution is 2.59. The molecule has 0 amide bonds. The Hall–Kier alpha value is -0.810. The molecule has 1 aromatic rings. The van der Waals surface area contributed by atoms with Crippen molar-refractivity contribution in [3.05, 3.63) is 35.9 Å². The largest absolute Gasteiger partial charge is 0.459 e. The summed E-state index contributed by atoms with van der Waals surface area (Å²) < 4.78 is 26.4. The molecule has 4 rings (SSSR count). The molecule has 2 saturated heterocycles. The normalized spacial score (nSPS) is 28.6. The monoisotopic (exact) mass is 398 g/mol. The lowest BCUT2D eigenvalue weighted by Gasteiger charge is -2.49. The predicted octanol–water partition coefficient (Wildman–Crippen LogP) is 5.20. The third-order valence-electron chi connectivity index (χ3n) is 8.36. The van der Waals surface area contributed by atoms with Gasteiger partial charge in [-0.1, -0.05) is 36.8 Å². The van der Waals surface area contributed by atoms with Crippen LogP contribution in [0.3, 0.4) is 0 Å². The molecule has 0 radical (unpaired) electrons. The van der Waals surface area contributed by atoms with Crippen LogP contribution in [0.15, 0.2) is 30.3 Å². The van der Waals surface area contributed by atoms with Crippen LogP contribution in [0.25, 0.3) is 0 Å². The van der Waals surface area contributed by atoms with Crippen molar-refractivity contribution in [3.8, 4) is 0 Å². The highest BCUT2D eigenvalue weighted by atomic mass is 16.7. The summed E-state index contributed by atoms with van der Waals surface area (Å²) in [6.07, 6.45) is 3.38. The molecule has 3 fully saturated rings. The average Bonchev–Trinajstić information content (AvgIpc) is 2.90. The Morgan fingerprint density at radius 3 is 1.34 bits per heavy atom. The second kappa shape index (κ2) is 6.59. The highest BCUT2D eigenvalue weighted by Gasteiger charge is 2.67. The fourth-order valence-electron chi connectivity index (χ4n) is 4.86. The summed E-state index contributed by atoms with van der Waals surface area (Å²) in [5.41, 5.74) is -0.324. The van der Waals surface area contributed by atoms with Crippen LogP contribution in [-0.2, 0) is 24.0 Å². The summed E-state index contributed by atoms with van der Waals surface area (Å²) in [5.74, 6) is 0. The van der Waals surface area contributed by atoms with E-state index in [2.05, 4.69) is 85.7 Å². The standard InChI is InChI=1S/C23H36B2O4/c1-19(2)20(3,4)27-24(26-19)18(25-28-21(5,6)22(7,8)29-25)23(15-12-16-23)17-13-10-9-11-14-17/h9-11,13-14,18H,12,15-16H2,1-8H3. The molecule has 3 aliphatic rings. The van der Waals surface area contributed by atoms with Gasteiger partial charge in [0.15, 0.2) is 0 Å². The molecular weight excluding hydrogens is 362 g/mol. The van der Waals surface area contributed by atoms with Crippen molar-refractivity contribution in [2.24, 2.45) is 0 Å². The first-order valence-corrected chi connectivity index (χ1v) is 11.1. The van der Waals surface area contributed by atoms with E-state index in [4.69, 9.17) is 18.6 Å². The molecule has 1 saturated carbocycles. The quantitative estimate of drug-likeness (QED) is 0.654. The number of hydrogen-bond acceptors (Lipinski definition) is 4. The molecule has 2 aliphatic heterocycles. The zero-order valence-electron chi connectivity index (χ0n) is 19.4. The van der Waals surface area contributed by atoms with Crippen molar-refractivity contribution in [2.45, 2.75) is 108 Å². The summed E-state index contributed by atoms with van der Waals surface area (Å²) in [4.78, 5) is 0. The molecule has 1 aliphatic carbocycles. The molecule has 0 spiro atoms. The van der Waals surface area contributed by atoms with Gasteiger partial charge in [0.2, 0.25) is 0 Å². The second-order valence-electron chi connectivity index (χ2n) is 11.2. The Bertz CT molecular complexity index is 687. The minimum Gasteiger partial charge on any atom is -0.403 e. The third kappa shape index (κ3) is 3.22. The maximum absolute atomic E-state index is 6.60. The molecule has 0 N–H and O–H groups in total. The van der Waals surface area contributed by atoms with E-state index in [1.807, 2.05) is 0 Å². The third-order valence-corrected chi connectivity index (χ3v) is 8.36. The van der Waals surface area contributed by atoms with Crippen LogP contribution in [0.4, 0.5) is 0 Å². The van der Waals surface area contributed by atoms with E-state index in [9.17, 15) is 0 Å². The average molecular weight is 398 g/mol. The van der Waals surface area contributed by atoms with E-state index in [0.717, 1.165) is 12.8 Å². The predicted molar refractivity (Wildman–Crippen MR) is 118 cm³/mol. The molecular formula is C23H36B2O4. The van der Waals surface area contributed by atoms with Crippen molar-refractivity contribution in [1.29, 1.82) is 0 Å². The Balaban J connectivity index is 1.77. The first-order valence-electron chi connectivity index (χ1n) is 11.1.